The van der Waals surface area contributed by atoms with Crippen molar-refractivity contribution in [3.05, 3.63) is 16.6 Å². The minimum absolute atomic E-state index is 0.0221. The first-order chi connectivity index (χ1) is 7.50. The van der Waals surface area contributed by atoms with Crippen LogP contribution < -0.4 is 5.32 Å². The third kappa shape index (κ3) is 3.90. The van der Waals surface area contributed by atoms with Crippen LogP contribution in [0.25, 0.3) is 0 Å². The normalized spacial score (nSPS) is 15.0. The van der Waals surface area contributed by atoms with E-state index in [2.05, 4.69) is 10.3 Å². The van der Waals surface area contributed by atoms with Crippen LogP contribution in [0.4, 0.5) is 0 Å². The number of aromatic nitrogens is 1. The molecule has 1 heterocycles. The quantitative estimate of drug-likeness (QED) is 0.803. The van der Waals surface area contributed by atoms with Crippen molar-refractivity contribution in [2.75, 3.05) is 0 Å². The van der Waals surface area contributed by atoms with Crippen LogP contribution in [0.2, 0.25) is 0 Å². The van der Waals surface area contributed by atoms with E-state index in [0.29, 0.717) is 12.3 Å². The molecule has 1 aromatic heterocycles. The molecule has 0 fully saturated rings. The average molecular weight is 242 g/mol. The Labute approximate surface area is 99.7 Å². The Morgan fingerprint density at radius 2 is 2.25 bits per heavy atom. The fraction of sp³-hybridized carbons (Fsp3) is 0.636. The lowest BCUT2D eigenvalue weighted by molar-refractivity contribution is -0.140. The zero-order valence-corrected chi connectivity index (χ0v) is 10.6. The van der Waals surface area contributed by atoms with Gasteiger partial charge in [-0.25, -0.2) is 4.98 Å². The van der Waals surface area contributed by atoms with Gasteiger partial charge < -0.3 is 5.11 Å². The highest BCUT2D eigenvalue weighted by Crippen LogP contribution is 2.15. The molecular formula is C11H18N2O2S. The van der Waals surface area contributed by atoms with Crippen LogP contribution in [0, 0.1) is 5.92 Å². The molecular weight excluding hydrogens is 224 g/mol. The van der Waals surface area contributed by atoms with E-state index in [1.165, 1.54) is 11.3 Å². The molecule has 0 aliphatic carbocycles. The molecule has 5 heteroatoms. The molecule has 90 valence electrons. The molecule has 0 saturated carbocycles. The van der Waals surface area contributed by atoms with E-state index in [4.69, 9.17) is 5.11 Å². The topological polar surface area (TPSA) is 62.2 Å². The second-order valence-corrected chi connectivity index (χ2v) is 5.04. The molecule has 4 nitrogen and oxygen atoms in total. The Bertz CT molecular complexity index is 325. The van der Waals surface area contributed by atoms with Crippen LogP contribution in [0.5, 0.6) is 0 Å². The summed E-state index contributed by atoms with van der Waals surface area (Å²) in [6.07, 6.45) is 0.629. The van der Waals surface area contributed by atoms with Gasteiger partial charge in [0.25, 0.3) is 0 Å². The van der Waals surface area contributed by atoms with Crippen LogP contribution in [-0.4, -0.2) is 22.1 Å². The van der Waals surface area contributed by atoms with Gasteiger partial charge in [0.2, 0.25) is 0 Å². The first-order valence-corrected chi connectivity index (χ1v) is 6.32. The highest BCUT2D eigenvalue weighted by molar-refractivity contribution is 7.07. The van der Waals surface area contributed by atoms with Crippen molar-refractivity contribution in [1.82, 2.24) is 10.3 Å². The van der Waals surface area contributed by atoms with E-state index in [-0.39, 0.29) is 6.04 Å². The van der Waals surface area contributed by atoms with Crippen molar-refractivity contribution in [2.24, 2.45) is 5.92 Å². The summed E-state index contributed by atoms with van der Waals surface area (Å²) < 4.78 is 0. The molecule has 1 rings (SSSR count). The van der Waals surface area contributed by atoms with Crippen molar-refractivity contribution in [3.8, 4) is 0 Å². The minimum atomic E-state index is -0.796. The minimum Gasteiger partial charge on any atom is -0.480 e. The lowest BCUT2D eigenvalue weighted by atomic mass is 10.0. The van der Waals surface area contributed by atoms with Gasteiger partial charge in [0, 0.05) is 11.4 Å². The summed E-state index contributed by atoms with van der Waals surface area (Å²) >= 11 is 1.52. The summed E-state index contributed by atoms with van der Waals surface area (Å²) in [5.74, 6) is -0.438. The molecule has 0 spiro atoms. The Morgan fingerprint density at radius 3 is 2.69 bits per heavy atom. The lowest BCUT2D eigenvalue weighted by Gasteiger charge is -2.20. The van der Waals surface area contributed by atoms with Gasteiger partial charge in [-0.3, -0.25) is 10.1 Å². The predicted molar refractivity (Wildman–Crippen MR) is 64.5 cm³/mol. The smallest absolute Gasteiger partial charge is 0.320 e. The van der Waals surface area contributed by atoms with Crippen LogP contribution in [0.1, 0.15) is 38.9 Å². The van der Waals surface area contributed by atoms with Crippen LogP contribution >= 0.6 is 11.3 Å². The number of carbonyl (C=O) groups is 1. The molecule has 2 atom stereocenters. The molecule has 0 aliphatic rings. The van der Waals surface area contributed by atoms with E-state index in [9.17, 15) is 4.79 Å². The highest BCUT2D eigenvalue weighted by Gasteiger charge is 2.21. The second-order valence-electron chi connectivity index (χ2n) is 4.32. The molecule has 2 N–H and O–H groups in total. The van der Waals surface area contributed by atoms with Crippen molar-refractivity contribution >= 4 is 17.3 Å². The third-order valence-corrected chi connectivity index (χ3v) is 2.96. The van der Waals surface area contributed by atoms with Gasteiger partial charge >= 0.3 is 5.97 Å². The Morgan fingerprint density at radius 1 is 1.56 bits per heavy atom. The Kier molecular flexibility index (Phi) is 4.89. The molecule has 0 bridgehead atoms. The molecule has 0 radical (unpaired) electrons. The van der Waals surface area contributed by atoms with Gasteiger partial charge in [0.1, 0.15) is 6.04 Å². The number of thiazole rings is 1. The number of hydrogen-bond acceptors (Lipinski definition) is 4. The van der Waals surface area contributed by atoms with E-state index >= 15 is 0 Å². The Balaban J connectivity index is 2.58. The van der Waals surface area contributed by atoms with Gasteiger partial charge in [-0.1, -0.05) is 13.8 Å². The maximum Gasteiger partial charge on any atom is 0.320 e. The monoisotopic (exact) mass is 242 g/mol. The van der Waals surface area contributed by atoms with Crippen molar-refractivity contribution in [2.45, 2.75) is 39.3 Å². The first-order valence-electron chi connectivity index (χ1n) is 5.37. The van der Waals surface area contributed by atoms with Gasteiger partial charge in [0.05, 0.1) is 11.2 Å². The standard InChI is InChI=1S/C11H18N2O2S/c1-7(2)4-9(11(14)15)13-8(3)10-5-16-6-12-10/h5-9,13H,4H2,1-3H3,(H,14,15). The Hall–Kier alpha value is -0.940. The van der Waals surface area contributed by atoms with Gasteiger partial charge in [0.15, 0.2) is 0 Å². The van der Waals surface area contributed by atoms with Gasteiger partial charge in [-0.15, -0.1) is 11.3 Å². The fourth-order valence-corrected chi connectivity index (χ4v) is 2.18. The number of hydrogen-bond donors (Lipinski definition) is 2. The SMILES string of the molecule is CC(C)CC(NC(C)c1cscn1)C(=O)O. The van der Waals surface area contributed by atoms with Crippen LogP contribution in [0.3, 0.4) is 0 Å². The zero-order chi connectivity index (χ0) is 12.1. The number of nitrogens with one attached hydrogen (secondary N) is 1. The van der Waals surface area contributed by atoms with E-state index in [1.54, 1.807) is 5.51 Å². The second kappa shape index (κ2) is 5.96. The number of carboxylic acid groups (broad SMARTS) is 1. The van der Waals surface area contributed by atoms with Crippen molar-refractivity contribution in [1.29, 1.82) is 0 Å². The third-order valence-electron chi connectivity index (χ3n) is 2.35. The van der Waals surface area contributed by atoms with E-state index in [0.717, 1.165) is 5.69 Å². The molecule has 1 aromatic rings. The molecule has 2 unspecified atom stereocenters. The highest BCUT2D eigenvalue weighted by atomic mass is 32.1. The summed E-state index contributed by atoms with van der Waals surface area (Å²) in [5.41, 5.74) is 2.66. The molecule has 0 aromatic carbocycles. The van der Waals surface area contributed by atoms with Crippen LogP contribution in [0.15, 0.2) is 10.9 Å². The number of nitrogens with zero attached hydrogens (tertiary/aromatic N) is 1. The lowest BCUT2D eigenvalue weighted by Crippen LogP contribution is -2.39. The van der Waals surface area contributed by atoms with Crippen molar-refractivity contribution in [3.63, 3.8) is 0 Å². The van der Waals surface area contributed by atoms with E-state index in [1.807, 2.05) is 26.2 Å². The maximum absolute atomic E-state index is 11.1. The summed E-state index contributed by atoms with van der Waals surface area (Å²) in [7, 11) is 0. The largest absolute Gasteiger partial charge is 0.480 e. The zero-order valence-electron chi connectivity index (χ0n) is 9.80. The summed E-state index contributed by atoms with van der Waals surface area (Å²) in [6.45, 7) is 5.97. The fourth-order valence-electron chi connectivity index (χ4n) is 1.53. The summed E-state index contributed by atoms with van der Waals surface area (Å²) in [5, 5.41) is 14.1. The van der Waals surface area contributed by atoms with Crippen LogP contribution in [-0.2, 0) is 4.79 Å². The van der Waals surface area contributed by atoms with Gasteiger partial charge in [-0.05, 0) is 19.3 Å². The number of carboxylic acids is 1. The summed E-state index contributed by atoms with van der Waals surface area (Å²) in [6, 6.07) is -0.525. The molecule has 0 aliphatic heterocycles. The maximum atomic E-state index is 11.1. The molecule has 0 amide bonds. The number of aliphatic carboxylic acids is 1. The predicted octanol–water partition coefficient (Wildman–Crippen LogP) is 2.29. The van der Waals surface area contributed by atoms with E-state index < -0.39 is 12.0 Å². The average Bonchev–Trinajstić information content (AvgIpc) is 2.68. The van der Waals surface area contributed by atoms with Crippen molar-refractivity contribution < 1.29 is 9.90 Å². The number of rotatable bonds is 6. The first kappa shape index (κ1) is 13.1. The van der Waals surface area contributed by atoms with Gasteiger partial charge in [-0.2, -0.15) is 0 Å². The summed E-state index contributed by atoms with van der Waals surface area (Å²) in [4.78, 5) is 15.2. The molecule has 0 saturated heterocycles. The molecule has 16 heavy (non-hydrogen) atoms.